The second-order valence-corrected chi connectivity index (χ2v) is 11.2. The highest BCUT2D eigenvalue weighted by Crippen LogP contribution is 2.29. The molecule has 0 amide bonds. The van der Waals surface area contributed by atoms with E-state index >= 15 is 0 Å². The van der Waals surface area contributed by atoms with Gasteiger partial charge in [0.25, 0.3) is 0 Å². The first-order chi connectivity index (χ1) is 15.5. The van der Waals surface area contributed by atoms with Crippen molar-refractivity contribution >= 4 is 27.2 Å². The van der Waals surface area contributed by atoms with Crippen molar-refractivity contribution in [3.05, 3.63) is 29.8 Å². The van der Waals surface area contributed by atoms with Gasteiger partial charge in [0, 0.05) is 36.1 Å². The molecule has 33 heavy (non-hydrogen) atoms. The Bertz CT molecular complexity index is 1090. The average molecular weight is 475 g/mol. The molecule has 2 heterocycles. The van der Waals surface area contributed by atoms with Gasteiger partial charge in [-0.15, -0.1) is 0 Å². The van der Waals surface area contributed by atoms with Gasteiger partial charge in [-0.25, -0.2) is 13.4 Å². The van der Waals surface area contributed by atoms with E-state index in [1.165, 1.54) is 0 Å². The fraction of sp³-hybridized carbons (Fsp3) is 0.522. The highest BCUT2D eigenvalue weighted by Gasteiger charge is 2.25. The number of sulfonamides is 1. The third kappa shape index (κ3) is 6.00. The summed E-state index contributed by atoms with van der Waals surface area (Å²) in [5.41, 5.74) is 7.98. The van der Waals surface area contributed by atoms with Crippen molar-refractivity contribution in [3.63, 3.8) is 0 Å². The summed E-state index contributed by atoms with van der Waals surface area (Å²) in [5.74, 6) is 0.870. The molecule has 1 aromatic heterocycles. The van der Waals surface area contributed by atoms with Crippen LogP contribution >= 0.6 is 0 Å². The molecule has 4 N–H and O–H groups in total. The zero-order chi connectivity index (χ0) is 24.3. The Morgan fingerprint density at radius 3 is 2.27 bits per heavy atom. The number of nitrogens with two attached hydrogens (primary N) is 1. The van der Waals surface area contributed by atoms with Gasteiger partial charge in [-0.2, -0.15) is 4.98 Å². The van der Waals surface area contributed by atoms with E-state index < -0.39 is 15.3 Å². The number of rotatable bonds is 8. The minimum absolute atomic E-state index is 0.00642. The molecule has 0 unspecified atom stereocenters. The summed E-state index contributed by atoms with van der Waals surface area (Å²) in [6.07, 6.45) is 1.74. The average Bonchev–Trinajstić information content (AvgIpc) is 2.73. The summed E-state index contributed by atoms with van der Waals surface area (Å²) in [6, 6.07) is 7.28. The topological polar surface area (TPSA) is 134 Å². The maximum Gasteiger partial charge on any atom is 0.235 e. The molecular formula is C23H34N6O3S. The maximum absolute atomic E-state index is 12.1. The largest absolute Gasteiger partial charge is 0.474 e. The van der Waals surface area contributed by atoms with E-state index in [1.54, 1.807) is 45.0 Å². The number of nitrogens with one attached hydrogen (secondary N) is 2. The summed E-state index contributed by atoms with van der Waals surface area (Å²) in [7, 11) is -3.43. The molecule has 0 bridgehead atoms. The van der Waals surface area contributed by atoms with Crippen LogP contribution in [0.15, 0.2) is 24.3 Å². The molecule has 0 radical (unpaired) electrons. The maximum atomic E-state index is 12.1. The van der Waals surface area contributed by atoms with Crippen molar-refractivity contribution in [2.24, 2.45) is 0 Å². The zero-order valence-corrected chi connectivity index (χ0v) is 20.7. The lowest BCUT2D eigenvalue weighted by Gasteiger charge is -2.34. The van der Waals surface area contributed by atoms with Crippen molar-refractivity contribution in [2.45, 2.75) is 64.9 Å². The molecule has 1 aliphatic rings. The van der Waals surface area contributed by atoms with Gasteiger partial charge in [0.15, 0.2) is 5.82 Å². The monoisotopic (exact) mass is 474 g/mol. The molecule has 0 saturated carbocycles. The lowest BCUT2D eigenvalue weighted by molar-refractivity contribution is 0.0812. The molecule has 10 heteroatoms. The van der Waals surface area contributed by atoms with Crippen LogP contribution < -0.4 is 15.2 Å². The molecular weight excluding hydrogens is 440 g/mol. The summed E-state index contributed by atoms with van der Waals surface area (Å²) < 4.78 is 33.0. The fourth-order valence-corrected chi connectivity index (χ4v) is 4.36. The molecule has 1 aromatic carbocycles. The van der Waals surface area contributed by atoms with Crippen LogP contribution in [0.2, 0.25) is 0 Å². The predicted molar refractivity (Wildman–Crippen MR) is 132 cm³/mol. The lowest BCUT2D eigenvalue weighted by atomic mass is 10.1. The Kier molecular flexibility index (Phi) is 7.58. The number of likely N-dealkylation sites (tertiary alicyclic amines) is 1. The standard InChI is InChI=1S/C23H34N6O3S/c1-14(2)29-12-10-19(11-13-29)32-23-20(16(5)24)21(25)26-22(27-23)17-6-8-18(9-7-17)28-33(30,31)15(3)4/h6-9,14-15,19,24,28H,10-13H2,1-5H3,(H2,25,26,27). The predicted octanol–water partition coefficient (Wildman–Crippen LogP) is 3.52. The molecule has 0 aliphatic carbocycles. The van der Waals surface area contributed by atoms with Gasteiger partial charge in [0.1, 0.15) is 11.9 Å². The number of benzene rings is 1. The van der Waals surface area contributed by atoms with E-state index in [0.717, 1.165) is 25.9 Å². The number of hydrogen-bond acceptors (Lipinski definition) is 8. The highest BCUT2D eigenvalue weighted by atomic mass is 32.2. The Labute approximate surface area is 196 Å². The van der Waals surface area contributed by atoms with Crippen LogP contribution in [0.3, 0.4) is 0 Å². The van der Waals surface area contributed by atoms with E-state index in [9.17, 15) is 8.42 Å². The van der Waals surface area contributed by atoms with Crippen LogP contribution in [0.25, 0.3) is 11.4 Å². The molecule has 0 atom stereocenters. The number of piperidine rings is 1. The van der Waals surface area contributed by atoms with Crippen molar-refractivity contribution in [2.75, 3.05) is 23.5 Å². The van der Waals surface area contributed by atoms with Crippen molar-refractivity contribution in [1.29, 1.82) is 5.41 Å². The van der Waals surface area contributed by atoms with E-state index in [0.29, 0.717) is 34.6 Å². The van der Waals surface area contributed by atoms with Crippen molar-refractivity contribution in [1.82, 2.24) is 14.9 Å². The van der Waals surface area contributed by atoms with Crippen LogP contribution in [0, 0.1) is 5.41 Å². The van der Waals surface area contributed by atoms with Gasteiger partial charge in [-0.1, -0.05) is 0 Å². The summed E-state index contributed by atoms with van der Waals surface area (Å²) in [6.45, 7) is 11.1. The normalized spacial score (nSPS) is 15.7. The minimum Gasteiger partial charge on any atom is -0.474 e. The Hall–Kier alpha value is -2.72. The number of ether oxygens (including phenoxy) is 1. The first kappa shape index (κ1) is 24.9. The van der Waals surface area contributed by atoms with Crippen LogP contribution in [0.5, 0.6) is 5.88 Å². The van der Waals surface area contributed by atoms with Gasteiger partial charge >= 0.3 is 0 Å². The van der Waals surface area contributed by atoms with Gasteiger partial charge in [-0.05, 0) is 71.7 Å². The third-order valence-electron chi connectivity index (χ3n) is 5.79. The second-order valence-electron chi connectivity index (χ2n) is 8.96. The molecule has 9 nitrogen and oxygen atoms in total. The lowest BCUT2D eigenvalue weighted by Crippen LogP contribution is -2.42. The number of nitrogens with zero attached hydrogens (tertiary/aromatic N) is 3. The Morgan fingerprint density at radius 1 is 1.15 bits per heavy atom. The van der Waals surface area contributed by atoms with Gasteiger partial charge in [0.2, 0.25) is 15.9 Å². The molecule has 0 spiro atoms. The Morgan fingerprint density at radius 2 is 1.76 bits per heavy atom. The van der Waals surface area contributed by atoms with Gasteiger partial charge < -0.3 is 20.8 Å². The number of aromatic nitrogens is 2. The Balaban J connectivity index is 1.85. The smallest absolute Gasteiger partial charge is 0.235 e. The summed E-state index contributed by atoms with van der Waals surface area (Å²) >= 11 is 0. The molecule has 1 fully saturated rings. The minimum atomic E-state index is -3.43. The SMILES string of the molecule is CC(=N)c1c(N)nc(-c2ccc(NS(=O)(=O)C(C)C)cc2)nc1OC1CCN(C(C)C)CC1. The molecule has 1 aliphatic heterocycles. The van der Waals surface area contributed by atoms with Crippen LogP contribution in [0.4, 0.5) is 11.5 Å². The molecule has 180 valence electrons. The fourth-order valence-electron chi connectivity index (χ4n) is 3.66. The van der Waals surface area contributed by atoms with Crippen molar-refractivity contribution < 1.29 is 13.2 Å². The van der Waals surface area contributed by atoms with Gasteiger partial charge in [0.05, 0.1) is 10.8 Å². The van der Waals surface area contributed by atoms with Crippen LogP contribution in [0.1, 0.15) is 53.0 Å². The second kappa shape index (κ2) is 10.0. The summed E-state index contributed by atoms with van der Waals surface area (Å²) in [4.78, 5) is 11.4. The number of nitrogen functional groups attached to an aromatic ring is 1. The van der Waals surface area contributed by atoms with E-state index in [4.69, 9.17) is 15.9 Å². The molecule has 3 rings (SSSR count). The van der Waals surface area contributed by atoms with Gasteiger partial charge in [-0.3, -0.25) is 4.72 Å². The summed E-state index contributed by atoms with van der Waals surface area (Å²) in [5, 5.41) is 7.59. The molecule has 2 aromatic rings. The van der Waals surface area contributed by atoms with E-state index in [-0.39, 0.29) is 17.6 Å². The van der Waals surface area contributed by atoms with E-state index in [1.807, 2.05) is 0 Å². The number of hydrogen-bond donors (Lipinski definition) is 3. The third-order valence-corrected chi connectivity index (χ3v) is 7.55. The zero-order valence-electron chi connectivity index (χ0n) is 19.9. The van der Waals surface area contributed by atoms with Crippen molar-refractivity contribution in [3.8, 4) is 17.3 Å². The highest BCUT2D eigenvalue weighted by molar-refractivity contribution is 7.93. The quantitative estimate of drug-likeness (QED) is 0.498. The van der Waals surface area contributed by atoms with E-state index in [2.05, 4.69) is 33.4 Å². The first-order valence-corrected chi connectivity index (χ1v) is 12.8. The first-order valence-electron chi connectivity index (χ1n) is 11.2. The van der Waals surface area contributed by atoms with Crippen LogP contribution in [-0.2, 0) is 10.0 Å². The molecule has 1 saturated heterocycles. The van der Waals surface area contributed by atoms with Crippen LogP contribution in [-0.4, -0.2) is 59.5 Å². The number of anilines is 2.